The van der Waals surface area contributed by atoms with Crippen molar-refractivity contribution >= 4 is 34.0 Å². The molecular weight excluding hydrogens is 553 g/mol. The Labute approximate surface area is 240 Å². The van der Waals surface area contributed by atoms with E-state index in [-0.39, 0.29) is 28.2 Å². The average molecular weight is 584 g/mol. The quantitative estimate of drug-likeness (QED) is 0.178. The number of benzene rings is 3. The van der Waals surface area contributed by atoms with E-state index < -0.39 is 36.6 Å². The van der Waals surface area contributed by atoms with Gasteiger partial charge in [0.15, 0.2) is 5.82 Å². The highest BCUT2D eigenvalue weighted by atomic mass is 19.3. The maximum Gasteiger partial charge on any atom is 0.342 e. The van der Waals surface area contributed by atoms with Crippen molar-refractivity contribution in [3.05, 3.63) is 88.5 Å². The van der Waals surface area contributed by atoms with Crippen LogP contribution in [0, 0.1) is 12.7 Å². The summed E-state index contributed by atoms with van der Waals surface area (Å²) < 4.78 is 72.6. The van der Waals surface area contributed by atoms with Gasteiger partial charge in [0.1, 0.15) is 19.2 Å². The van der Waals surface area contributed by atoms with Crippen LogP contribution in [0.15, 0.2) is 59.6 Å². The summed E-state index contributed by atoms with van der Waals surface area (Å²) in [7, 11) is 1.43. The summed E-state index contributed by atoms with van der Waals surface area (Å²) in [4.78, 5) is 25.3. The minimum absolute atomic E-state index is 0.0420. The van der Waals surface area contributed by atoms with Crippen molar-refractivity contribution in [3.63, 3.8) is 0 Å². The number of imidazole rings is 1. The first kappa shape index (κ1) is 29.2. The van der Waals surface area contributed by atoms with E-state index in [1.165, 1.54) is 24.6 Å². The number of anilines is 1. The number of alkyl halides is 4. The zero-order chi connectivity index (χ0) is 30.2. The van der Waals surface area contributed by atoms with Gasteiger partial charge in [0.25, 0.3) is 5.91 Å². The van der Waals surface area contributed by atoms with Crippen LogP contribution in [0.1, 0.15) is 39.8 Å². The first-order valence-corrected chi connectivity index (χ1v) is 13.5. The zero-order valence-corrected chi connectivity index (χ0v) is 23.5. The third-order valence-corrected chi connectivity index (χ3v) is 7.65. The minimum Gasteiger partial charge on any atom is -0.368 e. The minimum atomic E-state index is -3.63. The molecule has 1 saturated heterocycles. The molecule has 0 N–H and O–H groups in total. The second-order valence-corrected chi connectivity index (χ2v) is 10.4. The van der Waals surface area contributed by atoms with Crippen LogP contribution in [-0.4, -0.2) is 52.2 Å². The van der Waals surface area contributed by atoms with E-state index in [1.54, 1.807) is 29.2 Å². The Morgan fingerprint density at radius 2 is 1.67 bits per heavy atom. The average Bonchev–Trinajstić information content (AvgIpc) is 3.34. The molecule has 0 saturated carbocycles. The summed E-state index contributed by atoms with van der Waals surface area (Å²) in [5.41, 5.74) is 1.99. The summed E-state index contributed by atoms with van der Waals surface area (Å²) in [5, 5.41) is 0. The highest BCUT2D eigenvalue weighted by Crippen LogP contribution is 2.35. The number of carbonyl (C=O) groups excluding carboxylic acids is 1. The summed E-state index contributed by atoms with van der Waals surface area (Å²) in [6.45, 7) is 3.16. The van der Waals surface area contributed by atoms with Gasteiger partial charge in [-0.05, 0) is 67.4 Å². The summed E-state index contributed by atoms with van der Waals surface area (Å²) >= 11 is 0. The number of amides is 1. The predicted molar refractivity (Wildman–Crippen MR) is 153 cm³/mol. The summed E-state index contributed by atoms with van der Waals surface area (Å²) in [6, 6.07) is 13.9. The molecule has 0 radical (unpaired) electrons. The van der Waals surface area contributed by atoms with Gasteiger partial charge < -0.3 is 14.4 Å². The third-order valence-electron chi connectivity index (χ3n) is 7.65. The van der Waals surface area contributed by atoms with E-state index in [1.807, 2.05) is 12.1 Å². The number of halogens is 5. The molecule has 11 heteroatoms. The molecule has 6 nitrogen and oxygen atoms in total. The third kappa shape index (κ3) is 5.47. The fraction of sp³-hybridized carbons (Fsp3) is 0.323. The zero-order valence-electron chi connectivity index (χ0n) is 23.5. The van der Waals surface area contributed by atoms with Crippen molar-refractivity contribution in [3.8, 4) is 0 Å². The van der Waals surface area contributed by atoms with Gasteiger partial charge in [0.05, 0.1) is 22.4 Å². The lowest BCUT2D eigenvalue weighted by molar-refractivity contribution is 0.0624. The van der Waals surface area contributed by atoms with Crippen LogP contribution >= 0.6 is 0 Å². The fourth-order valence-electron chi connectivity index (χ4n) is 5.22. The molecule has 0 aliphatic carbocycles. The molecule has 3 aromatic carbocycles. The lowest BCUT2D eigenvalue weighted by atomic mass is 10.1. The number of fused-ring (bicyclic) bond motifs is 1. The molecule has 1 fully saturated rings. The number of carbonyl (C=O) groups is 1. The van der Waals surface area contributed by atoms with Crippen LogP contribution in [0.25, 0.3) is 11.0 Å². The standard InChI is InChI=1S/C31H30F5N5O/c1-19-14-24(34)15-23(18-33)28(19)37-20(2)31(35,36)30-38-26-9-6-22(16-27(26)39(30)3)29(42)41-12-10-40(11-13-41)25-7-4-21(17-32)5-8-25/h4-9,14-16H,10-13,17-18H2,1-3H3. The number of hydrogen-bond acceptors (Lipinski definition) is 4. The van der Waals surface area contributed by atoms with E-state index in [2.05, 4.69) is 14.9 Å². The predicted octanol–water partition coefficient (Wildman–Crippen LogP) is 6.81. The smallest absolute Gasteiger partial charge is 0.342 e. The molecule has 1 aliphatic rings. The van der Waals surface area contributed by atoms with Crippen LogP contribution in [0.2, 0.25) is 0 Å². The van der Waals surface area contributed by atoms with Crippen LogP contribution in [0.5, 0.6) is 0 Å². The normalized spacial score (nSPS) is 14.6. The number of aliphatic imine (C=N–C) groups is 1. The Balaban J connectivity index is 1.36. The van der Waals surface area contributed by atoms with Crippen LogP contribution in [0.4, 0.5) is 33.3 Å². The lowest BCUT2D eigenvalue weighted by Crippen LogP contribution is -2.48. The van der Waals surface area contributed by atoms with E-state index in [0.29, 0.717) is 42.8 Å². The van der Waals surface area contributed by atoms with Crippen molar-refractivity contribution in [2.45, 2.75) is 33.1 Å². The monoisotopic (exact) mass is 583 g/mol. The van der Waals surface area contributed by atoms with E-state index in [0.717, 1.165) is 24.7 Å². The van der Waals surface area contributed by atoms with Crippen LogP contribution < -0.4 is 4.90 Å². The van der Waals surface area contributed by atoms with Crippen molar-refractivity contribution in [2.75, 3.05) is 31.1 Å². The molecule has 5 rings (SSSR count). The second kappa shape index (κ2) is 11.5. The van der Waals surface area contributed by atoms with Crippen molar-refractivity contribution in [1.82, 2.24) is 14.5 Å². The van der Waals surface area contributed by atoms with Crippen LogP contribution in [-0.2, 0) is 26.3 Å². The van der Waals surface area contributed by atoms with E-state index in [9.17, 15) is 18.0 Å². The highest BCUT2D eigenvalue weighted by molar-refractivity contribution is 5.98. The lowest BCUT2D eigenvalue weighted by Gasteiger charge is -2.36. The van der Waals surface area contributed by atoms with Crippen molar-refractivity contribution in [2.24, 2.45) is 12.0 Å². The van der Waals surface area contributed by atoms with Gasteiger partial charge in [0.2, 0.25) is 0 Å². The number of hydrogen-bond donors (Lipinski definition) is 0. The molecule has 1 amide bonds. The van der Waals surface area contributed by atoms with E-state index in [4.69, 9.17) is 0 Å². The first-order chi connectivity index (χ1) is 20.0. The molecule has 1 aliphatic heterocycles. The van der Waals surface area contributed by atoms with Gasteiger partial charge in [-0.1, -0.05) is 12.1 Å². The largest absolute Gasteiger partial charge is 0.368 e. The Hall–Kier alpha value is -4.28. The van der Waals surface area contributed by atoms with Crippen molar-refractivity contribution < 1.29 is 26.7 Å². The molecule has 2 heterocycles. The molecule has 220 valence electrons. The maximum absolute atomic E-state index is 15.7. The summed E-state index contributed by atoms with van der Waals surface area (Å²) in [5.74, 6) is -5.11. The second-order valence-electron chi connectivity index (χ2n) is 10.4. The number of piperazine rings is 1. The SMILES string of the molecule is CC(=Nc1c(C)cc(F)cc1CF)C(F)(F)c1nc2ccc(C(=O)N3CCN(c4ccc(CF)cc4)CC3)cc2n1C. The Bertz CT molecular complexity index is 1660. The van der Waals surface area contributed by atoms with Crippen LogP contribution in [0.3, 0.4) is 0 Å². The highest BCUT2D eigenvalue weighted by Gasteiger charge is 2.41. The van der Waals surface area contributed by atoms with Gasteiger partial charge in [-0.3, -0.25) is 9.79 Å². The summed E-state index contributed by atoms with van der Waals surface area (Å²) in [6.07, 6.45) is 0. The van der Waals surface area contributed by atoms with Gasteiger partial charge >= 0.3 is 5.92 Å². The first-order valence-electron chi connectivity index (χ1n) is 13.5. The molecule has 42 heavy (non-hydrogen) atoms. The number of rotatable bonds is 7. The van der Waals surface area contributed by atoms with Gasteiger partial charge in [-0.25, -0.2) is 18.2 Å². The number of aromatic nitrogens is 2. The van der Waals surface area contributed by atoms with Gasteiger partial charge in [-0.2, -0.15) is 8.78 Å². The molecule has 0 bridgehead atoms. The topological polar surface area (TPSA) is 53.7 Å². The van der Waals surface area contributed by atoms with Gasteiger partial charge in [0, 0.05) is 50.0 Å². The molecule has 1 aromatic heterocycles. The van der Waals surface area contributed by atoms with E-state index >= 15 is 8.78 Å². The molecule has 0 unspecified atom stereocenters. The molecule has 0 atom stereocenters. The molecule has 0 spiro atoms. The Kier molecular flexibility index (Phi) is 8.03. The molecular formula is C31H30F5N5O. The Morgan fingerprint density at radius 3 is 2.31 bits per heavy atom. The van der Waals surface area contributed by atoms with Crippen molar-refractivity contribution in [1.29, 1.82) is 0 Å². The maximum atomic E-state index is 15.7. The Morgan fingerprint density at radius 1 is 0.976 bits per heavy atom. The number of nitrogens with zero attached hydrogens (tertiary/aromatic N) is 5. The number of aryl methyl sites for hydroxylation is 2. The fourth-order valence-corrected chi connectivity index (χ4v) is 5.22. The molecule has 4 aromatic rings. The van der Waals surface area contributed by atoms with Gasteiger partial charge in [-0.15, -0.1) is 0 Å².